The van der Waals surface area contributed by atoms with E-state index >= 15 is 0 Å². The van der Waals surface area contributed by atoms with Crippen molar-refractivity contribution < 1.29 is 4.39 Å². The van der Waals surface area contributed by atoms with E-state index in [2.05, 4.69) is 37.2 Å². The van der Waals surface area contributed by atoms with Gasteiger partial charge in [0.05, 0.1) is 6.04 Å². The minimum atomic E-state index is -0.247. The molecule has 0 radical (unpaired) electrons. The Kier molecular flexibility index (Phi) is 5.43. The molecule has 1 unspecified atom stereocenters. The highest BCUT2D eigenvalue weighted by Gasteiger charge is 2.20. The maximum absolute atomic E-state index is 13.5. The van der Waals surface area contributed by atoms with Gasteiger partial charge < -0.3 is 5.32 Å². The summed E-state index contributed by atoms with van der Waals surface area (Å²) in [6, 6.07) is 6.59. The van der Waals surface area contributed by atoms with Crippen LogP contribution in [0.25, 0.3) is 0 Å². The molecular formula is C13H11Br2ClFNS. The first-order chi connectivity index (χ1) is 9.02. The first-order valence-electron chi connectivity index (χ1n) is 5.66. The Morgan fingerprint density at radius 2 is 2.05 bits per heavy atom. The molecule has 6 heteroatoms. The van der Waals surface area contributed by atoms with Gasteiger partial charge in [-0.3, -0.25) is 0 Å². The number of thiophene rings is 1. The highest BCUT2D eigenvalue weighted by atomic mass is 79.9. The van der Waals surface area contributed by atoms with Crippen LogP contribution in [0.1, 0.15) is 23.4 Å². The molecule has 0 spiro atoms. The predicted octanol–water partition coefficient (Wildman–Crippen LogP) is 5.76. The minimum Gasteiger partial charge on any atom is -0.306 e. The summed E-state index contributed by atoms with van der Waals surface area (Å²) in [6.07, 6.45) is 0. The lowest BCUT2D eigenvalue weighted by Gasteiger charge is -2.18. The molecule has 2 rings (SSSR count). The molecule has 0 fully saturated rings. The molecule has 0 saturated carbocycles. The Morgan fingerprint density at radius 1 is 1.32 bits per heavy atom. The molecule has 0 bridgehead atoms. The second-order valence-corrected chi connectivity index (χ2v) is 7.32. The van der Waals surface area contributed by atoms with Crippen molar-refractivity contribution >= 4 is 54.8 Å². The summed E-state index contributed by atoms with van der Waals surface area (Å²) in [6.45, 7) is 2.80. The third kappa shape index (κ3) is 3.58. The van der Waals surface area contributed by atoms with E-state index in [1.165, 1.54) is 17.4 Å². The third-order valence-corrected chi connectivity index (χ3v) is 5.89. The average molecular weight is 428 g/mol. The lowest BCUT2D eigenvalue weighted by atomic mass is 10.1. The second-order valence-electron chi connectivity index (χ2n) is 3.93. The standard InChI is InChI=1S/C13H11Br2ClFNS/c1-2-18-12(11-6-10(15)13(16)19-11)8-5-7(17)3-4-9(8)14/h3-6,12,18H,2H2,1H3. The first kappa shape index (κ1) is 15.4. The topological polar surface area (TPSA) is 12.0 Å². The van der Waals surface area contributed by atoms with Gasteiger partial charge in [0.15, 0.2) is 0 Å². The predicted molar refractivity (Wildman–Crippen MR) is 86.6 cm³/mol. The van der Waals surface area contributed by atoms with Crippen molar-refractivity contribution in [3.63, 3.8) is 0 Å². The van der Waals surface area contributed by atoms with Gasteiger partial charge in [-0.15, -0.1) is 11.3 Å². The minimum absolute atomic E-state index is 0.0797. The van der Waals surface area contributed by atoms with Gasteiger partial charge in [0.1, 0.15) is 10.2 Å². The number of benzene rings is 1. The Bertz CT molecular complexity index is 569. The zero-order valence-electron chi connectivity index (χ0n) is 10.0. The maximum atomic E-state index is 13.5. The van der Waals surface area contributed by atoms with Crippen molar-refractivity contribution in [1.82, 2.24) is 5.32 Å². The van der Waals surface area contributed by atoms with E-state index in [0.717, 1.165) is 25.9 Å². The zero-order chi connectivity index (χ0) is 14.0. The highest BCUT2D eigenvalue weighted by Crippen LogP contribution is 2.39. The lowest BCUT2D eigenvalue weighted by Crippen LogP contribution is -2.21. The summed E-state index contributed by atoms with van der Waals surface area (Å²) in [5, 5.41) is 3.36. The van der Waals surface area contributed by atoms with Crippen molar-refractivity contribution in [2.75, 3.05) is 6.54 Å². The number of halogens is 4. The number of hydrogen-bond acceptors (Lipinski definition) is 2. The quantitative estimate of drug-likeness (QED) is 0.654. The van der Waals surface area contributed by atoms with Gasteiger partial charge in [-0.2, -0.15) is 0 Å². The van der Waals surface area contributed by atoms with Crippen molar-refractivity contribution in [2.24, 2.45) is 0 Å². The van der Waals surface area contributed by atoms with E-state index < -0.39 is 0 Å². The van der Waals surface area contributed by atoms with Crippen LogP contribution in [0.5, 0.6) is 0 Å². The maximum Gasteiger partial charge on any atom is 0.123 e. The number of nitrogens with one attached hydrogen (secondary N) is 1. The zero-order valence-corrected chi connectivity index (χ0v) is 14.8. The molecule has 102 valence electrons. The summed E-state index contributed by atoms with van der Waals surface area (Å²) < 4.78 is 15.9. The second kappa shape index (κ2) is 6.68. The van der Waals surface area contributed by atoms with Crippen LogP contribution in [0.3, 0.4) is 0 Å². The normalized spacial score (nSPS) is 12.7. The van der Waals surface area contributed by atoms with Crippen LogP contribution in [-0.4, -0.2) is 6.54 Å². The fourth-order valence-electron chi connectivity index (χ4n) is 1.81. The number of rotatable bonds is 4. The van der Waals surface area contributed by atoms with Crippen molar-refractivity contribution in [1.29, 1.82) is 0 Å². The van der Waals surface area contributed by atoms with Crippen LogP contribution in [0.15, 0.2) is 33.2 Å². The summed E-state index contributed by atoms with van der Waals surface area (Å²) >= 11 is 14.5. The van der Waals surface area contributed by atoms with Crippen molar-refractivity contribution in [2.45, 2.75) is 13.0 Å². The molecule has 2 aromatic rings. The van der Waals surface area contributed by atoms with Gasteiger partial charge in [0, 0.05) is 13.8 Å². The summed E-state index contributed by atoms with van der Waals surface area (Å²) in [5.74, 6) is -0.247. The highest BCUT2D eigenvalue weighted by molar-refractivity contribution is 9.10. The van der Waals surface area contributed by atoms with Gasteiger partial charge >= 0.3 is 0 Å². The lowest BCUT2D eigenvalue weighted by molar-refractivity contribution is 0.605. The van der Waals surface area contributed by atoms with Crippen LogP contribution in [0, 0.1) is 5.82 Å². The molecule has 1 nitrogen and oxygen atoms in total. The molecule has 1 aromatic carbocycles. The fourth-order valence-corrected chi connectivity index (χ4v) is 4.12. The van der Waals surface area contributed by atoms with Gasteiger partial charge in [-0.05, 0) is 52.3 Å². The summed E-state index contributed by atoms with van der Waals surface area (Å²) in [7, 11) is 0. The van der Waals surface area contributed by atoms with Gasteiger partial charge in [0.2, 0.25) is 0 Å². The van der Waals surface area contributed by atoms with Crippen LogP contribution in [0.2, 0.25) is 4.34 Å². The summed E-state index contributed by atoms with van der Waals surface area (Å²) in [5.41, 5.74) is 0.868. The van der Waals surface area contributed by atoms with Crippen LogP contribution < -0.4 is 5.32 Å². The molecule has 0 amide bonds. The first-order valence-corrected chi connectivity index (χ1v) is 8.44. The van der Waals surface area contributed by atoms with Gasteiger partial charge in [-0.25, -0.2) is 4.39 Å². The Labute approximate surface area is 137 Å². The van der Waals surface area contributed by atoms with E-state index in [0.29, 0.717) is 4.34 Å². The molecule has 0 saturated heterocycles. The molecule has 1 atom stereocenters. The monoisotopic (exact) mass is 425 g/mol. The largest absolute Gasteiger partial charge is 0.306 e. The van der Waals surface area contributed by atoms with Crippen LogP contribution in [0.4, 0.5) is 4.39 Å². The number of hydrogen-bond donors (Lipinski definition) is 1. The molecule has 0 aliphatic heterocycles. The smallest absolute Gasteiger partial charge is 0.123 e. The molecule has 0 aliphatic carbocycles. The van der Waals surface area contributed by atoms with E-state index in [1.54, 1.807) is 12.1 Å². The molecule has 0 aliphatic rings. The molecule has 1 N–H and O–H groups in total. The molecule has 1 aromatic heterocycles. The van der Waals surface area contributed by atoms with Gasteiger partial charge in [-0.1, -0.05) is 34.5 Å². The van der Waals surface area contributed by atoms with E-state index in [9.17, 15) is 4.39 Å². The Balaban J connectivity index is 2.47. The van der Waals surface area contributed by atoms with Crippen LogP contribution >= 0.6 is 54.8 Å². The fraction of sp³-hybridized carbons (Fsp3) is 0.231. The van der Waals surface area contributed by atoms with E-state index in [4.69, 9.17) is 11.6 Å². The SMILES string of the molecule is CCNC(c1cc(Br)c(Cl)s1)c1cc(F)ccc1Br. The van der Waals surface area contributed by atoms with E-state index in [1.807, 2.05) is 13.0 Å². The van der Waals surface area contributed by atoms with E-state index in [-0.39, 0.29) is 11.9 Å². The molecular weight excluding hydrogens is 416 g/mol. The third-order valence-electron chi connectivity index (χ3n) is 2.63. The molecule has 19 heavy (non-hydrogen) atoms. The van der Waals surface area contributed by atoms with Crippen molar-refractivity contribution in [3.8, 4) is 0 Å². The van der Waals surface area contributed by atoms with Crippen molar-refractivity contribution in [3.05, 3.63) is 53.8 Å². The molecule has 1 heterocycles. The Hall–Kier alpha value is 0.0600. The average Bonchev–Trinajstić information content (AvgIpc) is 2.70. The Morgan fingerprint density at radius 3 is 2.63 bits per heavy atom. The van der Waals surface area contributed by atoms with Crippen LogP contribution in [-0.2, 0) is 0 Å². The van der Waals surface area contributed by atoms with Gasteiger partial charge in [0.25, 0.3) is 0 Å². The summed E-state index contributed by atoms with van der Waals surface area (Å²) in [4.78, 5) is 1.05.